The van der Waals surface area contributed by atoms with Crippen molar-refractivity contribution in [3.63, 3.8) is 0 Å². The van der Waals surface area contributed by atoms with Gasteiger partial charge in [0.25, 0.3) is 0 Å². The molecule has 0 bridgehead atoms. The van der Waals surface area contributed by atoms with E-state index in [9.17, 15) is 4.79 Å². The second kappa shape index (κ2) is 6.75. The Morgan fingerprint density at radius 1 is 1.29 bits per heavy atom. The fourth-order valence-corrected chi connectivity index (χ4v) is 3.17. The van der Waals surface area contributed by atoms with Gasteiger partial charge in [-0.1, -0.05) is 32.9 Å². The molecule has 24 heavy (non-hydrogen) atoms. The molecule has 1 unspecified atom stereocenters. The van der Waals surface area contributed by atoms with Crippen LogP contribution in [0.25, 0.3) is 10.9 Å². The monoisotopic (exact) mass is 326 g/mol. The summed E-state index contributed by atoms with van der Waals surface area (Å²) in [4.78, 5) is 23.3. The van der Waals surface area contributed by atoms with E-state index in [0.29, 0.717) is 5.92 Å². The predicted molar refractivity (Wildman–Crippen MR) is 96.9 cm³/mol. The van der Waals surface area contributed by atoms with Gasteiger partial charge >= 0.3 is 0 Å². The van der Waals surface area contributed by atoms with Gasteiger partial charge in [-0.2, -0.15) is 0 Å². The molecule has 0 radical (unpaired) electrons. The van der Waals surface area contributed by atoms with Gasteiger partial charge in [0.2, 0.25) is 5.91 Å². The normalized spacial score (nSPS) is 18.6. The van der Waals surface area contributed by atoms with Crippen molar-refractivity contribution in [1.29, 1.82) is 0 Å². The third-order valence-corrected chi connectivity index (χ3v) is 4.57. The predicted octanol–water partition coefficient (Wildman–Crippen LogP) is 3.01. The minimum absolute atomic E-state index is 0.118. The van der Waals surface area contributed by atoms with Crippen LogP contribution in [0.4, 0.5) is 5.82 Å². The fraction of sp³-hybridized carbons (Fsp3) is 0.526. The first-order valence-electron chi connectivity index (χ1n) is 8.68. The van der Waals surface area contributed by atoms with Crippen LogP contribution in [-0.4, -0.2) is 35.5 Å². The third kappa shape index (κ3) is 3.66. The average molecular weight is 326 g/mol. The number of rotatable bonds is 3. The average Bonchev–Trinajstić information content (AvgIpc) is 2.58. The molecule has 0 aliphatic carbocycles. The van der Waals surface area contributed by atoms with E-state index in [2.05, 4.69) is 26.3 Å². The molecule has 5 nitrogen and oxygen atoms in total. The number of hydrogen-bond donors (Lipinski definition) is 1. The Kier molecular flexibility index (Phi) is 4.69. The highest BCUT2D eigenvalue weighted by atomic mass is 16.2. The third-order valence-electron chi connectivity index (χ3n) is 4.57. The maximum Gasteiger partial charge on any atom is 0.225 e. The second-order valence-electron chi connectivity index (χ2n) is 7.63. The van der Waals surface area contributed by atoms with E-state index in [-0.39, 0.29) is 11.3 Å². The van der Waals surface area contributed by atoms with Crippen LogP contribution in [0.1, 0.15) is 33.6 Å². The topological polar surface area (TPSA) is 58.1 Å². The lowest BCUT2D eigenvalue weighted by molar-refractivity contribution is -0.128. The minimum atomic E-state index is -0.336. The quantitative estimate of drug-likeness (QED) is 0.942. The van der Waals surface area contributed by atoms with E-state index < -0.39 is 0 Å². The van der Waals surface area contributed by atoms with E-state index in [0.717, 1.165) is 49.2 Å². The first-order chi connectivity index (χ1) is 11.4. The molecule has 1 atom stereocenters. The molecule has 1 fully saturated rings. The summed E-state index contributed by atoms with van der Waals surface area (Å²) in [5.41, 5.74) is 0.641. The molecule has 1 aromatic carbocycles. The van der Waals surface area contributed by atoms with Crippen molar-refractivity contribution < 1.29 is 4.79 Å². The number of amides is 1. The highest BCUT2D eigenvalue weighted by molar-refractivity contribution is 5.89. The van der Waals surface area contributed by atoms with E-state index >= 15 is 0 Å². The molecular weight excluding hydrogens is 300 g/mol. The Morgan fingerprint density at radius 2 is 2.08 bits per heavy atom. The maximum atomic E-state index is 12.1. The Balaban J connectivity index is 1.70. The Morgan fingerprint density at radius 3 is 2.88 bits per heavy atom. The highest BCUT2D eigenvalue weighted by Gasteiger charge is 2.25. The zero-order valence-electron chi connectivity index (χ0n) is 14.7. The summed E-state index contributed by atoms with van der Waals surface area (Å²) in [5, 5.41) is 4.20. The number of hydrogen-bond acceptors (Lipinski definition) is 4. The number of carbonyl (C=O) groups is 1. The molecule has 2 aromatic rings. The molecule has 1 N–H and O–H groups in total. The Bertz CT molecular complexity index is 717. The molecule has 0 spiro atoms. The first-order valence-corrected chi connectivity index (χ1v) is 8.68. The number of piperidine rings is 1. The number of aromatic nitrogens is 2. The first kappa shape index (κ1) is 16.7. The number of anilines is 1. The van der Waals surface area contributed by atoms with Crippen molar-refractivity contribution in [2.75, 3.05) is 24.5 Å². The van der Waals surface area contributed by atoms with Crippen molar-refractivity contribution in [1.82, 2.24) is 15.3 Å². The second-order valence-corrected chi connectivity index (χ2v) is 7.63. The van der Waals surface area contributed by atoms with Gasteiger partial charge in [0, 0.05) is 30.4 Å². The van der Waals surface area contributed by atoms with Crippen molar-refractivity contribution in [3.05, 3.63) is 30.6 Å². The highest BCUT2D eigenvalue weighted by Crippen LogP contribution is 2.27. The van der Waals surface area contributed by atoms with E-state index in [1.54, 1.807) is 6.33 Å². The van der Waals surface area contributed by atoms with Gasteiger partial charge < -0.3 is 10.2 Å². The zero-order valence-corrected chi connectivity index (χ0v) is 14.7. The standard InChI is InChI=1S/C19H26N4O/c1-19(2,3)18(24)20-11-14-7-6-10-23(12-14)17-15-8-4-5-9-16(15)21-13-22-17/h4-5,8-9,13-14H,6-7,10-12H2,1-3H3,(H,20,24). The maximum absolute atomic E-state index is 12.1. The van der Waals surface area contributed by atoms with Gasteiger partial charge in [-0.25, -0.2) is 9.97 Å². The van der Waals surface area contributed by atoms with Gasteiger partial charge in [0.1, 0.15) is 12.1 Å². The molecular formula is C19H26N4O. The molecule has 3 rings (SSSR count). The molecule has 1 aliphatic heterocycles. The smallest absolute Gasteiger partial charge is 0.225 e. The van der Waals surface area contributed by atoms with Crippen LogP contribution in [0.5, 0.6) is 0 Å². The lowest BCUT2D eigenvalue weighted by Crippen LogP contribution is -2.43. The zero-order chi connectivity index (χ0) is 17.2. The van der Waals surface area contributed by atoms with Gasteiger partial charge in [0.05, 0.1) is 5.52 Å². The molecule has 1 saturated heterocycles. The van der Waals surface area contributed by atoms with Crippen LogP contribution >= 0.6 is 0 Å². The number of nitrogens with one attached hydrogen (secondary N) is 1. The van der Waals surface area contributed by atoms with E-state index in [4.69, 9.17) is 0 Å². The Labute approximate surface area is 143 Å². The summed E-state index contributed by atoms with van der Waals surface area (Å²) in [6, 6.07) is 8.13. The molecule has 5 heteroatoms. The molecule has 1 aliphatic rings. The van der Waals surface area contributed by atoms with Crippen LogP contribution in [0, 0.1) is 11.3 Å². The van der Waals surface area contributed by atoms with E-state index in [1.165, 1.54) is 0 Å². The fourth-order valence-electron chi connectivity index (χ4n) is 3.17. The van der Waals surface area contributed by atoms with Gasteiger partial charge in [-0.15, -0.1) is 0 Å². The van der Waals surface area contributed by atoms with Crippen LogP contribution in [-0.2, 0) is 4.79 Å². The number of benzene rings is 1. The van der Waals surface area contributed by atoms with Crippen molar-refractivity contribution in [3.8, 4) is 0 Å². The van der Waals surface area contributed by atoms with Crippen molar-refractivity contribution >= 4 is 22.6 Å². The molecule has 1 aromatic heterocycles. The van der Waals surface area contributed by atoms with Crippen LogP contribution < -0.4 is 10.2 Å². The van der Waals surface area contributed by atoms with Crippen LogP contribution in [0.15, 0.2) is 30.6 Å². The summed E-state index contributed by atoms with van der Waals surface area (Å²) in [6.45, 7) is 8.50. The molecule has 128 valence electrons. The Hall–Kier alpha value is -2.17. The van der Waals surface area contributed by atoms with Crippen LogP contribution in [0.2, 0.25) is 0 Å². The van der Waals surface area contributed by atoms with Crippen LogP contribution in [0.3, 0.4) is 0 Å². The molecule has 2 heterocycles. The van der Waals surface area contributed by atoms with Crippen molar-refractivity contribution in [2.45, 2.75) is 33.6 Å². The van der Waals surface area contributed by atoms with Gasteiger partial charge in [-0.05, 0) is 30.9 Å². The lowest BCUT2D eigenvalue weighted by Gasteiger charge is -2.34. The summed E-state index contributed by atoms with van der Waals surface area (Å²) >= 11 is 0. The minimum Gasteiger partial charge on any atom is -0.356 e. The summed E-state index contributed by atoms with van der Waals surface area (Å²) in [6.07, 6.45) is 3.90. The summed E-state index contributed by atoms with van der Waals surface area (Å²) < 4.78 is 0. The van der Waals surface area contributed by atoms with Gasteiger partial charge in [-0.3, -0.25) is 4.79 Å². The SMILES string of the molecule is CC(C)(C)C(=O)NCC1CCCN(c2ncnc3ccccc23)C1. The molecule has 1 amide bonds. The summed E-state index contributed by atoms with van der Waals surface area (Å²) in [5.74, 6) is 1.58. The number of nitrogens with zero attached hydrogens (tertiary/aromatic N) is 3. The van der Waals surface area contributed by atoms with E-state index in [1.807, 2.05) is 39.0 Å². The largest absolute Gasteiger partial charge is 0.356 e. The molecule has 0 saturated carbocycles. The number of fused-ring (bicyclic) bond motifs is 1. The van der Waals surface area contributed by atoms with Gasteiger partial charge in [0.15, 0.2) is 0 Å². The summed E-state index contributed by atoms with van der Waals surface area (Å²) in [7, 11) is 0. The number of carbonyl (C=O) groups excluding carboxylic acids is 1. The lowest BCUT2D eigenvalue weighted by atomic mass is 9.94. The van der Waals surface area contributed by atoms with Crippen molar-refractivity contribution in [2.24, 2.45) is 11.3 Å². The number of para-hydroxylation sites is 1.